The lowest BCUT2D eigenvalue weighted by molar-refractivity contribution is 0.139. The van der Waals surface area contributed by atoms with Gasteiger partial charge in [0.05, 0.1) is 0 Å². The van der Waals surface area contributed by atoms with E-state index in [1.54, 1.807) is 0 Å². The van der Waals surface area contributed by atoms with Crippen LogP contribution in [0.1, 0.15) is 27.2 Å². The van der Waals surface area contributed by atoms with E-state index in [4.69, 9.17) is 0 Å². The van der Waals surface area contributed by atoms with E-state index in [1.807, 2.05) is 0 Å². The van der Waals surface area contributed by atoms with E-state index in [9.17, 15) is 0 Å². The smallest absolute Gasteiger partial charge is 0.191 e. The molecule has 0 radical (unpaired) electrons. The molecular weight excluding hydrogens is 238 g/mol. The zero-order chi connectivity index (χ0) is 13.9. The molecule has 0 spiro atoms. The van der Waals surface area contributed by atoms with Crippen molar-refractivity contribution in [1.29, 1.82) is 0 Å². The van der Waals surface area contributed by atoms with Crippen LogP contribution in [-0.2, 0) is 0 Å². The van der Waals surface area contributed by atoms with E-state index in [2.05, 4.69) is 46.2 Å². The zero-order valence-electron chi connectivity index (χ0n) is 12.9. The first-order valence-electron chi connectivity index (χ1n) is 7.77. The van der Waals surface area contributed by atoms with Gasteiger partial charge in [-0.15, -0.1) is 0 Å². The molecule has 0 bridgehead atoms. The molecule has 0 saturated carbocycles. The summed E-state index contributed by atoms with van der Waals surface area (Å²) in [6.45, 7) is 16.4. The predicted molar refractivity (Wildman–Crippen MR) is 82.8 cm³/mol. The highest BCUT2D eigenvalue weighted by atomic mass is 15.3. The third kappa shape index (κ3) is 6.78. The molecule has 1 rings (SSSR count). The van der Waals surface area contributed by atoms with Crippen LogP contribution in [0.5, 0.6) is 0 Å². The average molecular weight is 269 g/mol. The van der Waals surface area contributed by atoms with E-state index in [0.717, 1.165) is 38.6 Å². The monoisotopic (exact) mass is 269 g/mol. The first kappa shape index (κ1) is 16.2. The first-order chi connectivity index (χ1) is 9.30. The minimum atomic E-state index is 0.893. The molecule has 1 aliphatic heterocycles. The Morgan fingerprint density at radius 3 is 2.26 bits per heavy atom. The van der Waals surface area contributed by atoms with Gasteiger partial charge < -0.3 is 15.5 Å². The van der Waals surface area contributed by atoms with Crippen molar-refractivity contribution in [2.45, 2.75) is 27.2 Å². The van der Waals surface area contributed by atoms with Crippen LogP contribution in [0, 0.1) is 0 Å². The summed E-state index contributed by atoms with van der Waals surface area (Å²) in [5.41, 5.74) is 0. The summed E-state index contributed by atoms with van der Waals surface area (Å²) < 4.78 is 0. The first-order valence-corrected chi connectivity index (χ1v) is 7.77. The quantitative estimate of drug-likeness (QED) is 0.524. The van der Waals surface area contributed by atoms with Crippen LogP contribution in [0.3, 0.4) is 0 Å². The van der Waals surface area contributed by atoms with Crippen molar-refractivity contribution < 1.29 is 0 Å². The number of hydrogen-bond donors (Lipinski definition) is 2. The SMILES string of the molecule is CCCN=C(NCC)NCCN1CCN(CC)CC1. The Hall–Kier alpha value is -0.810. The van der Waals surface area contributed by atoms with Gasteiger partial charge in [-0.2, -0.15) is 0 Å². The van der Waals surface area contributed by atoms with Gasteiger partial charge in [-0.05, 0) is 19.9 Å². The van der Waals surface area contributed by atoms with Gasteiger partial charge in [-0.1, -0.05) is 13.8 Å². The van der Waals surface area contributed by atoms with Gasteiger partial charge in [0, 0.05) is 52.4 Å². The Morgan fingerprint density at radius 2 is 1.68 bits per heavy atom. The van der Waals surface area contributed by atoms with Crippen molar-refractivity contribution in [1.82, 2.24) is 20.4 Å². The van der Waals surface area contributed by atoms with Gasteiger partial charge in [0.25, 0.3) is 0 Å². The fraction of sp³-hybridized carbons (Fsp3) is 0.929. The van der Waals surface area contributed by atoms with Gasteiger partial charge in [0.2, 0.25) is 0 Å². The number of rotatable bonds is 7. The normalized spacial score (nSPS) is 18.6. The number of likely N-dealkylation sites (N-methyl/N-ethyl adjacent to an activating group) is 1. The lowest BCUT2D eigenvalue weighted by Gasteiger charge is -2.34. The molecule has 1 heterocycles. The lowest BCUT2D eigenvalue weighted by atomic mass is 10.3. The summed E-state index contributed by atoms with van der Waals surface area (Å²) in [4.78, 5) is 9.55. The minimum absolute atomic E-state index is 0.893. The molecule has 0 amide bonds. The largest absolute Gasteiger partial charge is 0.357 e. The van der Waals surface area contributed by atoms with Crippen LogP contribution in [0.25, 0.3) is 0 Å². The number of aliphatic imine (C=N–C) groups is 1. The Balaban J connectivity index is 2.17. The Labute approximate surface area is 118 Å². The Morgan fingerprint density at radius 1 is 1.00 bits per heavy atom. The third-order valence-corrected chi connectivity index (χ3v) is 3.47. The van der Waals surface area contributed by atoms with Crippen molar-refractivity contribution >= 4 is 5.96 Å². The predicted octanol–water partition coefficient (Wildman–Crippen LogP) is 0.589. The van der Waals surface area contributed by atoms with Crippen molar-refractivity contribution in [2.75, 3.05) is 58.9 Å². The van der Waals surface area contributed by atoms with E-state index >= 15 is 0 Å². The molecule has 1 fully saturated rings. The Bertz CT molecular complexity index is 246. The summed E-state index contributed by atoms with van der Waals surface area (Å²) in [6, 6.07) is 0. The molecule has 2 N–H and O–H groups in total. The molecule has 112 valence electrons. The van der Waals surface area contributed by atoms with Crippen LogP contribution < -0.4 is 10.6 Å². The molecule has 19 heavy (non-hydrogen) atoms. The molecule has 0 unspecified atom stereocenters. The van der Waals surface area contributed by atoms with E-state index in [-0.39, 0.29) is 0 Å². The van der Waals surface area contributed by atoms with Gasteiger partial charge >= 0.3 is 0 Å². The average Bonchev–Trinajstić information content (AvgIpc) is 2.45. The highest BCUT2D eigenvalue weighted by Crippen LogP contribution is 1.99. The van der Waals surface area contributed by atoms with Crippen LogP contribution in [0.15, 0.2) is 4.99 Å². The molecule has 0 aliphatic carbocycles. The molecule has 0 aromatic carbocycles. The highest BCUT2D eigenvalue weighted by molar-refractivity contribution is 5.79. The highest BCUT2D eigenvalue weighted by Gasteiger charge is 2.14. The van der Waals surface area contributed by atoms with Crippen molar-refractivity contribution in [3.05, 3.63) is 0 Å². The maximum Gasteiger partial charge on any atom is 0.191 e. The molecule has 5 nitrogen and oxygen atoms in total. The molecule has 1 aliphatic rings. The van der Waals surface area contributed by atoms with Crippen molar-refractivity contribution in [2.24, 2.45) is 4.99 Å². The lowest BCUT2D eigenvalue weighted by Crippen LogP contribution is -2.49. The van der Waals surface area contributed by atoms with Crippen LogP contribution in [0.2, 0.25) is 0 Å². The van der Waals surface area contributed by atoms with Gasteiger partial charge in [0.1, 0.15) is 0 Å². The fourth-order valence-corrected chi connectivity index (χ4v) is 2.23. The van der Waals surface area contributed by atoms with Gasteiger partial charge in [-0.25, -0.2) is 0 Å². The summed E-state index contributed by atoms with van der Waals surface area (Å²) in [6.07, 6.45) is 1.09. The summed E-state index contributed by atoms with van der Waals surface area (Å²) in [5.74, 6) is 0.955. The number of piperazine rings is 1. The number of guanidine groups is 1. The maximum absolute atomic E-state index is 4.51. The van der Waals surface area contributed by atoms with E-state index in [0.29, 0.717) is 0 Å². The second-order valence-corrected chi connectivity index (χ2v) is 4.96. The topological polar surface area (TPSA) is 42.9 Å². The standard InChI is InChI=1S/C14H31N5/c1-4-7-16-14(15-5-2)17-8-9-19-12-10-18(6-3)11-13-19/h4-13H2,1-3H3,(H2,15,16,17). The zero-order valence-corrected chi connectivity index (χ0v) is 12.9. The van der Waals surface area contributed by atoms with Crippen LogP contribution in [0.4, 0.5) is 0 Å². The van der Waals surface area contributed by atoms with Crippen molar-refractivity contribution in [3.63, 3.8) is 0 Å². The second kappa shape index (κ2) is 10.0. The summed E-state index contributed by atoms with van der Waals surface area (Å²) >= 11 is 0. The van der Waals surface area contributed by atoms with Gasteiger partial charge in [0.15, 0.2) is 5.96 Å². The van der Waals surface area contributed by atoms with Gasteiger partial charge in [-0.3, -0.25) is 9.89 Å². The second-order valence-electron chi connectivity index (χ2n) is 4.96. The Kier molecular flexibility index (Phi) is 8.58. The third-order valence-electron chi connectivity index (χ3n) is 3.47. The molecule has 0 atom stereocenters. The van der Waals surface area contributed by atoms with E-state index < -0.39 is 0 Å². The number of hydrogen-bond acceptors (Lipinski definition) is 3. The van der Waals surface area contributed by atoms with Crippen molar-refractivity contribution in [3.8, 4) is 0 Å². The maximum atomic E-state index is 4.51. The minimum Gasteiger partial charge on any atom is -0.357 e. The summed E-state index contributed by atoms with van der Waals surface area (Å²) in [7, 11) is 0. The molecule has 0 aromatic heterocycles. The summed E-state index contributed by atoms with van der Waals surface area (Å²) in [5, 5.41) is 6.70. The fourth-order valence-electron chi connectivity index (χ4n) is 2.23. The molecular formula is C14H31N5. The van der Waals surface area contributed by atoms with E-state index in [1.165, 1.54) is 32.7 Å². The number of nitrogens with one attached hydrogen (secondary N) is 2. The van der Waals surface area contributed by atoms with Crippen LogP contribution >= 0.6 is 0 Å². The molecule has 0 aromatic rings. The number of nitrogens with zero attached hydrogens (tertiary/aromatic N) is 3. The molecule has 1 saturated heterocycles. The van der Waals surface area contributed by atoms with Crippen LogP contribution in [-0.4, -0.2) is 74.7 Å². The molecule has 5 heteroatoms.